The van der Waals surface area contributed by atoms with Crippen LogP contribution in [0.25, 0.3) is 0 Å². The van der Waals surface area contributed by atoms with Crippen LogP contribution in [0.1, 0.15) is 42.6 Å². The van der Waals surface area contributed by atoms with Gasteiger partial charge in [0.05, 0.1) is 28.3 Å². The van der Waals surface area contributed by atoms with Gasteiger partial charge in [-0.15, -0.1) is 0 Å². The topological polar surface area (TPSA) is 82.1 Å². The van der Waals surface area contributed by atoms with Crippen molar-refractivity contribution >= 4 is 40.7 Å². The molecule has 1 aliphatic carbocycles. The van der Waals surface area contributed by atoms with E-state index < -0.39 is 0 Å². The number of nitrogens with one attached hydrogen (secondary N) is 1. The molecule has 2 aromatic carbocycles. The molecule has 3 atom stereocenters. The number of halogens is 2. The van der Waals surface area contributed by atoms with Crippen molar-refractivity contribution in [2.24, 2.45) is 11.8 Å². The molecule has 0 aromatic heterocycles. The van der Waals surface area contributed by atoms with Gasteiger partial charge in [-0.25, -0.2) is 0 Å². The SMILES string of the molecule is C[C@H](CO)N1C[C@H](C)[C@H](CN(C)Cc2ccc(Cl)c(Cl)c2)Oc2ccc(NC(=O)C3CC3)cc2C1=O. The molecule has 7 nitrogen and oxygen atoms in total. The molecule has 1 aliphatic heterocycles. The van der Waals surface area contributed by atoms with Crippen LogP contribution in [-0.4, -0.2) is 65.6 Å². The van der Waals surface area contributed by atoms with Gasteiger partial charge in [0.1, 0.15) is 11.9 Å². The molecule has 2 aromatic rings. The predicted molar refractivity (Wildman–Crippen MR) is 142 cm³/mol. The smallest absolute Gasteiger partial charge is 0.258 e. The van der Waals surface area contributed by atoms with Crippen LogP contribution in [0.15, 0.2) is 36.4 Å². The van der Waals surface area contributed by atoms with Crippen LogP contribution >= 0.6 is 23.2 Å². The van der Waals surface area contributed by atoms with Gasteiger partial charge in [-0.1, -0.05) is 36.2 Å². The molecule has 2 N–H and O–H groups in total. The molecule has 9 heteroatoms. The van der Waals surface area contributed by atoms with Gasteiger partial charge in [-0.05, 0) is 62.7 Å². The number of nitrogens with zero attached hydrogens (tertiary/aromatic N) is 2. The molecule has 2 amide bonds. The van der Waals surface area contributed by atoms with Gasteiger partial charge in [-0.2, -0.15) is 0 Å². The molecule has 1 saturated carbocycles. The largest absolute Gasteiger partial charge is 0.488 e. The number of hydrogen-bond acceptors (Lipinski definition) is 5. The van der Waals surface area contributed by atoms with Gasteiger partial charge in [-0.3, -0.25) is 14.5 Å². The van der Waals surface area contributed by atoms with Crippen molar-refractivity contribution in [3.8, 4) is 5.75 Å². The highest BCUT2D eigenvalue weighted by atomic mass is 35.5. The summed E-state index contributed by atoms with van der Waals surface area (Å²) in [5.74, 6) is 0.288. The first kappa shape index (κ1) is 26.7. The summed E-state index contributed by atoms with van der Waals surface area (Å²) in [7, 11) is 2.01. The second kappa shape index (κ2) is 11.4. The molecule has 1 heterocycles. The average Bonchev–Trinajstić information content (AvgIpc) is 3.69. The van der Waals surface area contributed by atoms with Crippen molar-refractivity contribution in [2.75, 3.05) is 32.1 Å². The lowest BCUT2D eigenvalue weighted by Crippen LogP contribution is -2.49. The standard InChI is InChI=1S/C27H33Cl2N3O4/c1-16-12-32(17(2)15-33)27(35)21-11-20(30-26(34)19-5-6-19)7-9-24(21)36-25(16)14-31(3)13-18-4-8-22(28)23(29)10-18/h4,7-11,16-17,19,25,33H,5-6,12-15H2,1-3H3,(H,30,34)/t16-,17+,25-/m0/s1. The Morgan fingerprint density at radius 2 is 1.97 bits per heavy atom. The summed E-state index contributed by atoms with van der Waals surface area (Å²) in [6, 6.07) is 10.4. The number of hydrogen-bond donors (Lipinski definition) is 2. The van der Waals surface area contributed by atoms with Crippen molar-refractivity contribution in [3.05, 3.63) is 57.6 Å². The highest BCUT2D eigenvalue weighted by Gasteiger charge is 2.34. The zero-order valence-corrected chi connectivity index (χ0v) is 22.4. The first-order chi connectivity index (χ1) is 17.2. The zero-order valence-electron chi connectivity index (χ0n) is 20.8. The number of anilines is 1. The van der Waals surface area contributed by atoms with Crippen LogP contribution < -0.4 is 10.1 Å². The Morgan fingerprint density at radius 1 is 1.22 bits per heavy atom. The fourth-order valence-corrected chi connectivity index (χ4v) is 4.75. The number of ether oxygens (including phenoxy) is 1. The fourth-order valence-electron chi connectivity index (χ4n) is 4.43. The number of benzene rings is 2. The summed E-state index contributed by atoms with van der Waals surface area (Å²) in [6.07, 6.45) is 1.58. The number of fused-ring (bicyclic) bond motifs is 1. The van der Waals surface area contributed by atoms with Crippen molar-refractivity contribution < 1.29 is 19.4 Å². The van der Waals surface area contributed by atoms with Crippen molar-refractivity contribution in [3.63, 3.8) is 0 Å². The van der Waals surface area contributed by atoms with Crippen LogP contribution in [0.5, 0.6) is 5.75 Å². The predicted octanol–water partition coefficient (Wildman–Crippen LogP) is 4.69. The van der Waals surface area contributed by atoms with Crippen LogP contribution in [0.4, 0.5) is 5.69 Å². The summed E-state index contributed by atoms with van der Waals surface area (Å²) in [6.45, 7) is 5.43. The third-order valence-corrected chi connectivity index (χ3v) is 7.55. The molecule has 0 spiro atoms. The molecule has 2 aliphatic rings. The summed E-state index contributed by atoms with van der Waals surface area (Å²) < 4.78 is 6.44. The maximum atomic E-state index is 13.5. The van der Waals surface area contributed by atoms with Crippen molar-refractivity contribution in [1.82, 2.24) is 9.80 Å². The summed E-state index contributed by atoms with van der Waals surface area (Å²) in [4.78, 5) is 29.7. The Kier molecular flexibility index (Phi) is 8.45. The Hall–Kier alpha value is -2.32. The minimum Gasteiger partial charge on any atom is -0.488 e. The number of carbonyl (C=O) groups excluding carboxylic acids is 2. The third-order valence-electron chi connectivity index (χ3n) is 6.81. The van der Waals surface area contributed by atoms with Gasteiger partial charge < -0.3 is 20.1 Å². The number of rotatable bonds is 8. The van der Waals surface area contributed by atoms with E-state index in [1.54, 1.807) is 29.2 Å². The lowest BCUT2D eigenvalue weighted by molar-refractivity contribution is -0.117. The molecule has 0 saturated heterocycles. The lowest BCUT2D eigenvalue weighted by atomic mass is 9.99. The number of aliphatic hydroxyl groups excluding tert-OH is 1. The van der Waals surface area contributed by atoms with Gasteiger partial charge >= 0.3 is 0 Å². The number of amides is 2. The number of aliphatic hydroxyl groups is 1. The third kappa shape index (κ3) is 6.32. The highest BCUT2D eigenvalue weighted by molar-refractivity contribution is 6.42. The second-order valence-corrected chi connectivity index (χ2v) is 10.9. The molecular formula is C27H33Cl2N3O4. The Labute approximate surface area is 222 Å². The molecule has 0 unspecified atom stereocenters. The van der Waals surface area contributed by atoms with Crippen LogP contribution in [-0.2, 0) is 11.3 Å². The van der Waals surface area contributed by atoms with E-state index >= 15 is 0 Å². The zero-order chi connectivity index (χ0) is 26.0. The van der Waals surface area contributed by atoms with E-state index in [-0.39, 0.29) is 42.4 Å². The van der Waals surface area contributed by atoms with Crippen LogP contribution in [0, 0.1) is 11.8 Å². The molecule has 194 valence electrons. The molecule has 1 fully saturated rings. The van der Waals surface area contributed by atoms with Crippen molar-refractivity contribution in [1.29, 1.82) is 0 Å². The monoisotopic (exact) mass is 533 g/mol. The van der Waals surface area contributed by atoms with E-state index in [9.17, 15) is 14.7 Å². The Bertz CT molecular complexity index is 1120. The summed E-state index contributed by atoms with van der Waals surface area (Å²) in [5, 5.41) is 13.8. The lowest BCUT2D eigenvalue weighted by Gasteiger charge is -2.38. The minimum atomic E-state index is -0.356. The molecule has 0 radical (unpaired) electrons. The van der Waals surface area contributed by atoms with Crippen LogP contribution in [0.3, 0.4) is 0 Å². The maximum Gasteiger partial charge on any atom is 0.258 e. The first-order valence-electron chi connectivity index (χ1n) is 12.3. The second-order valence-electron chi connectivity index (χ2n) is 10.0. The Morgan fingerprint density at radius 3 is 2.64 bits per heavy atom. The quantitative estimate of drug-likeness (QED) is 0.514. The molecule has 4 rings (SSSR count). The average molecular weight is 534 g/mol. The first-order valence-corrected chi connectivity index (χ1v) is 13.1. The highest BCUT2D eigenvalue weighted by Crippen LogP contribution is 2.33. The van der Waals surface area contributed by atoms with E-state index in [1.807, 2.05) is 26.1 Å². The van der Waals surface area contributed by atoms with Gasteiger partial charge in [0, 0.05) is 37.2 Å². The van der Waals surface area contributed by atoms with E-state index in [2.05, 4.69) is 17.1 Å². The molecular weight excluding hydrogens is 501 g/mol. The van der Waals surface area contributed by atoms with E-state index in [0.717, 1.165) is 18.4 Å². The number of likely N-dealkylation sites (N-methyl/N-ethyl adjacent to an activating group) is 1. The fraction of sp³-hybridized carbons (Fsp3) is 0.481. The maximum absolute atomic E-state index is 13.5. The van der Waals surface area contributed by atoms with E-state index in [1.165, 1.54) is 0 Å². The normalized spacial score (nSPS) is 20.9. The molecule has 36 heavy (non-hydrogen) atoms. The number of carbonyl (C=O) groups is 2. The summed E-state index contributed by atoms with van der Waals surface area (Å²) >= 11 is 12.2. The van der Waals surface area contributed by atoms with Gasteiger partial charge in [0.25, 0.3) is 5.91 Å². The van der Waals surface area contributed by atoms with Gasteiger partial charge in [0.2, 0.25) is 5.91 Å². The van der Waals surface area contributed by atoms with E-state index in [0.29, 0.717) is 46.7 Å². The Balaban J connectivity index is 1.57. The van der Waals surface area contributed by atoms with Gasteiger partial charge in [0.15, 0.2) is 0 Å². The minimum absolute atomic E-state index is 0.00148. The summed E-state index contributed by atoms with van der Waals surface area (Å²) in [5.41, 5.74) is 1.99. The molecule has 0 bridgehead atoms. The van der Waals surface area contributed by atoms with Crippen molar-refractivity contribution in [2.45, 2.75) is 45.4 Å². The van der Waals surface area contributed by atoms with Crippen LogP contribution in [0.2, 0.25) is 10.0 Å². The van der Waals surface area contributed by atoms with E-state index in [4.69, 9.17) is 27.9 Å².